The molecule has 0 amide bonds. The summed E-state index contributed by atoms with van der Waals surface area (Å²) in [5, 5.41) is 6.67. The Morgan fingerprint density at radius 3 is 2.81 bits per heavy atom. The van der Waals surface area contributed by atoms with Crippen molar-refractivity contribution in [2.24, 2.45) is 0 Å². The third-order valence-corrected chi connectivity index (χ3v) is 4.71. The van der Waals surface area contributed by atoms with Crippen molar-refractivity contribution in [2.45, 2.75) is 52.4 Å². The van der Waals surface area contributed by atoms with Crippen LogP contribution >= 0.6 is 11.3 Å². The highest BCUT2D eigenvalue weighted by Crippen LogP contribution is 2.26. The van der Waals surface area contributed by atoms with Crippen LogP contribution in [0.4, 0.5) is 5.82 Å². The predicted octanol–water partition coefficient (Wildman–Crippen LogP) is 3.53. The molecule has 5 heteroatoms. The molecule has 0 saturated heterocycles. The van der Waals surface area contributed by atoms with Crippen LogP contribution in [0.25, 0.3) is 0 Å². The summed E-state index contributed by atoms with van der Waals surface area (Å²) in [7, 11) is 0. The average molecular weight is 302 g/mol. The van der Waals surface area contributed by atoms with Crippen LogP contribution in [0.1, 0.15) is 54.0 Å². The minimum atomic E-state index is 0.743. The Morgan fingerprint density at radius 2 is 2.05 bits per heavy atom. The fraction of sp³-hybridized carbons (Fsp3) is 0.562. The largest absolute Gasteiger partial charge is 0.370 e. The number of nitrogens with zero attached hydrogens (tertiary/aromatic N) is 3. The number of nitrogens with one attached hydrogen (secondary N) is 1. The van der Waals surface area contributed by atoms with Gasteiger partial charge in [0.05, 0.1) is 6.42 Å². The zero-order valence-corrected chi connectivity index (χ0v) is 13.6. The summed E-state index contributed by atoms with van der Waals surface area (Å²) >= 11 is 1.69. The van der Waals surface area contributed by atoms with Crippen LogP contribution in [-0.4, -0.2) is 21.5 Å². The van der Waals surface area contributed by atoms with Gasteiger partial charge >= 0.3 is 0 Å². The summed E-state index contributed by atoms with van der Waals surface area (Å²) in [6.07, 6.45) is 6.54. The molecular formula is C16H22N4S. The molecule has 21 heavy (non-hydrogen) atoms. The molecule has 0 aliphatic heterocycles. The Hall–Kier alpha value is -1.49. The van der Waals surface area contributed by atoms with Crippen LogP contribution in [0, 0.1) is 6.92 Å². The molecule has 4 nitrogen and oxygen atoms in total. The third kappa shape index (κ3) is 3.40. The van der Waals surface area contributed by atoms with E-state index in [9.17, 15) is 0 Å². The van der Waals surface area contributed by atoms with E-state index in [1.807, 2.05) is 6.92 Å². The first-order valence-corrected chi connectivity index (χ1v) is 8.67. The van der Waals surface area contributed by atoms with Crippen molar-refractivity contribution >= 4 is 17.2 Å². The number of aromatic nitrogens is 3. The van der Waals surface area contributed by atoms with Gasteiger partial charge in [-0.3, -0.25) is 0 Å². The van der Waals surface area contributed by atoms with E-state index in [0.717, 1.165) is 54.6 Å². The molecule has 2 aromatic heterocycles. The van der Waals surface area contributed by atoms with E-state index in [-0.39, 0.29) is 0 Å². The summed E-state index contributed by atoms with van der Waals surface area (Å²) in [6, 6.07) is 0. The summed E-state index contributed by atoms with van der Waals surface area (Å²) in [4.78, 5) is 14.1. The summed E-state index contributed by atoms with van der Waals surface area (Å²) < 4.78 is 0. The molecule has 112 valence electrons. The van der Waals surface area contributed by atoms with Gasteiger partial charge in [-0.1, -0.05) is 6.92 Å². The maximum atomic E-state index is 4.80. The van der Waals surface area contributed by atoms with Crippen LogP contribution in [0.5, 0.6) is 0 Å². The molecule has 0 radical (unpaired) electrons. The zero-order chi connectivity index (χ0) is 14.7. The minimum Gasteiger partial charge on any atom is -0.370 e. The molecule has 0 aromatic carbocycles. The topological polar surface area (TPSA) is 50.7 Å². The molecule has 0 saturated carbocycles. The molecule has 3 rings (SSSR count). The van der Waals surface area contributed by atoms with Gasteiger partial charge in [0, 0.05) is 28.9 Å². The predicted molar refractivity (Wildman–Crippen MR) is 87.1 cm³/mol. The quantitative estimate of drug-likeness (QED) is 0.918. The molecule has 1 aliphatic rings. The first kappa shape index (κ1) is 14.4. The molecule has 0 atom stereocenters. The SMILES string of the molecule is CCCNc1nc(Cc2nc(C)cs2)nc2c1CCCC2. The Labute approximate surface area is 130 Å². The first-order chi connectivity index (χ1) is 10.3. The Balaban J connectivity index is 1.89. The van der Waals surface area contributed by atoms with Crippen LogP contribution in [0.2, 0.25) is 0 Å². The molecule has 0 bridgehead atoms. The lowest BCUT2D eigenvalue weighted by Gasteiger charge is -2.19. The van der Waals surface area contributed by atoms with E-state index in [0.29, 0.717) is 0 Å². The number of thiazole rings is 1. The number of aryl methyl sites for hydroxylation is 2. The molecule has 0 spiro atoms. The second-order valence-corrected chi connectivity index (χ2v) is 6.55. The van der Waals surface area contributed by atoms with Gasteiger partial charge in [0.2, 0.25) is 0 Å². The molecule has 1 aliphatic carbocycles. The maximum Gasteiger partial charge on any atom is 0.137 e. The third-order valence-electron chi connectivity index (χ3n) is 3.75. The lowest BCUT2D eigenvalue weighted by atomic mass is 9.96. The van der Waals surface area contributed by atoms with Crippen molar-refractivity contribution in [3.8, 4) is 0 Å². The molecule has 2 heterocycles. The second-order valence-electron chi connectivity index (χ2n) is 5.61. The van der Waals surface area contributed by atoms with E-state index in [2.05, 4.69) is 22.6 Å². The Kier molecular flexibility index (Phi) is 4.48. The van der Waals surface area contributed by atoms with Gasteiger partial charge in [-0.15, -0.1) is 11.3 Å². The van der Waals surface area contributed by atoms with Gasteiger partial charge in [-0.25, -0.2) is 15.0 Å². The molecule has 1 N–H and O–H groups in total. The molecule has 0 unspecified atom stereocenters. The molecular weight excluding hydrogens is 280 g/mol. The lowest BCUT2D eigenvalue weighted by molar-refractivity contribution is 0.656. The van der Waals surface area contributed by atoms with Crippen LogP contribution in [-0.2, 0) is 19.3 Å². The highest BCUT2D eigenvalue weighted by atomic mass is 32.1. The molecule has 0 fully saturated rings. The van der Waals surface area contributed by atoms with Crippen LogP contribution in [0.3, 0.4) is 0 Å². The first-order valence-electron chi connectivity index (χ1n) is 7.80. The van der Waals surface area contributed by atoms with Gasteiger partial charge in [0.25, 0.3) is 0 Å². The fourth-order valence-electron chi connectivity index (χ4n) is 2.73. The number of fused-ring (bicyclic) bond motifs is 1. The Morgan fingerprint density at radius 1 is 1.19 bits per heavy atom. The van der Waals surface area contributed by atoms with Crippen molar-refractivity contribution in [1.29, 1.82) is 0 Å². The van der Waals surface area contributed by atoms with Gasteiger partial charge in [0.15, 0.2) is 0 Å². The van der Waals surface area contributed by atoms with Crippen LogP contribution in [0.15, 0.2) is 5.38 Å². The van der Waals surface area contributed by atoms with Crippen molar-refractivity contribution in [2.75, 3.05) is 11.9 Å². The highest BCUT2D eigenvalue weighted by molar-refractivity contribution is 7.09. The maximum absolute atomic E-state index is 4.80. The van der Waals surface area contributed by atoms with Gasteiger partial charge in [0.1, 0.15) is 16.6 Å². The lowest BCUT2D eigenvalue weighted by Crippen LogP contribution is -2.15. The average Bonchev–Trinajstić information content (AvgIpc) is 2.90. The van der Waals surface area contributed by atoms with Crippen molar-refractivity contribution in [3.05, 3.63) is 33.2 Å². The van der Waals surface area contributed by atoms with Gasteiger partial charge < -0.3 is 5.32 Å². The number of anilines is 1. The number of hydrogen-bond acceptors (Lipinski definition) is 5. The minimum absolute atomic E-state index is 0.743. The summed E-state index contributed by atoms with van der Waals surface area (Å²) in [6.45, 7) is 5.18. The summed E-state index contributed by atoms with van der Waals surface area (Å²) in [5.41, 5.74) is 3.67. The van der Waals surface area contributed by atoms with E-state index in [1.165, 1.54) is 24.1 Å². The van der Waals surface area contributed by atoms with E-state index >= 15 is 0 Å². The smallest absolute Gasteiger partial charge is 0.137 e. The number of hydrogen-bond donors (Lipinski definition) is 1. The van der Waals surface area contributed by atoms with Gasteiger partial charge in [-0.2, -0.15) is 0 Å². The van der Waals surface area contributed by atoms with E-state index < -0.39 is 0 Å². The monoisotopic (exact) mass is 302 g/mol. The highest BCUT2D eigenvalue weighted by Gasteiger charge is 2.18. The molecule has 2 aromatic rings. The second kappa shape index (κ2) is 6.52. The van der Waals surface area contributed by atoms with Crippen molar-refractivity contribution < 1.29 is 0 Å². The van der Waals surface area contributed by atoms with E-state index in [1.54, 1.807) is 11.3 Å². The Bertz CT molecular complexity index is 621. The summed E-state index contributed by atoms with van der Waals surface area (Å²) in [5.74, 6) is 1.97. The zero-order valence-electron chi connectivity index (χ0n) is 12.8. The normalized spacial score (nSPS) is 14.0. The van der Waals surface area contributed by atoms with Crippen molar-refractivity contribution in [3.63, 3.8) is 0 Å². The van der Waals surface area contributed by atoms with Crippen LogP contribution < -0.4 is 5.32 Å². The fourth-order valence-corrected chi connectivity index (χ4v) is 3.50. The van der Waals surface area contributed by atoms with Gasteiger partial charge in [-0.05, 0) is 39.0 Å². The standard InChI is InChI=1S/C16H22N4S/c1-3-8-17-16-12-6-4-5-7-13(12)19-14(20-16)9-15-18-11(2)10-21-15/h10H,3-9H2,1-2H3,(H,17,19,20). The van der Waals surface area contributed by atoms with E-state index in [4.69, 9.17) is 9.97 Å². The number of rotatable bonds is 5. The van der Waals surface area contributed by atoms with Crippen molar-refractivity contribution in [1.82, 2.24) is 15.0 Å².